The zero-order valence-corrected chi connectivity index (χ0v) is 13.4. The van der Waals surface area contributed by atoms with Gasteiger partial charge in [0.25, 0.3) is 0 Å². The van der Waals surface area contributed by atoms with Gasteiger partial charge in [-0.2, -0.15) is 0 Å². The average Bonchev–Trinajstić information content (AvgIpc) is 2.35. The van der Waals surface area contributed by atoms with Crippen molar-refractivity contribution in [2.45, 2.75) is 33.2 Å². The fourth-order valence-electron chi connectivity index (χ4n) is 2.70. The number of rotatable bonds is 4. The summed E-state index contributed by atoms with van der Waals surface area (Å²) >= 11 is 6.39. The summed E-state index contributed by atoms with van der Waals surface area (Å²) in [5.74, 6) is 0. The van der Waals surface area contributed by atoms with Gasteiger partial charge in [-0.15, -0.1) is 0 Å². The molecule has 2 heteroatoms. The number of benzene rings is 2. The van der Waals surface area contributed by atoms with E-state index in [-0.39, 0.29) is 6.04 Å². The van der Waals surface area contributed by atoms with Gasteiger partial charge in [-0.05, 0) is 57.0 Å². The maximum absolute atomic E-state index is 6.39. The van der Waals surface area contributed by atoms with E-state index in [0.717, 1.165) is 11.4 Å². The number of halogens is 1. The molecule has 0 amide bonds. The lowest BCUT2D eigenvalue weighted by molar-refractivity contribution is 0.592. The van der Waals surface area contributed by atoms with Crippen molar-refractivity contribution in [3.8, 4) is 0 Å². The Labute approximate surface area is 127 Å². The van der Waals surface area contributed by atoms with Crippen LogP contribution in [0.2, 0.25) is 5.02 Å². The van der Waals surface area contributed by atoms with Crippen LogP contribution in [0.1, 0.15) is 33.9 Å². The molecule has 20 heavy (non-hydrogen) atoms. The number of nitrogens with one attached hydrogen (secondary N) is 1. The number of hydrogen-bond acceptors (Lipinski definition) is 1. The van der Waals surface area contributed by atoms with E-state index in [1.807, 2.05) is 13.1 Å². The van der Waals surface area contributed by atoms with Crippen LogP contribution in [-0.2, 0) is 6.42 Å². The second-order valence-corrected chi connectivity index (χ2v) is 5.97. The van der Waals surface area contributed by atoms with Crippen molar-refractivity contribution in [1.29, 1.82) is 0 Å². The molecular weight excluding hydrogens is 266 g/mol. The van der Waals surface area contributed by atoms with E-state index in [1.165, 1.54) is 27.8 Å². The van der Waals surface area contributed by atoms with Crippen LogP contribution in [0.3, 0.4) is 0 Å². The zero-order valence-electron chi connectivity index (χ0n) is 12.6. The highest BCUT2D eigenvalue weighted by Gasteiger charge is 2.14. The van der Waals surface area contributed by atoms with E-state index < -0.39 is 0 Å². The van der Waals surface area contributed by atoms with Gasteiger partial charge in [-0.1, -0.05) is 53.1 Å². The van der Waals surface area contributed by atoms with Crippen LogP contribution in [0.15, 0.2) is 36.4 Å². The Morgan fingerprint density at radius 1 is 0.950 bits per heavy atom. The van der Waals surface area contributed by atoms with Gasteiger partial charge in [0.15, 0.2) is 0 Å². The molecule has 1 N–H and O–H groups in total. The minimum absolute atomic E-state index is 0.240. The first kappa shape index (κ1) is 15.1. The van der Waals surface area contributed by atoms with E-state index >= 15 is 0 Å². The maximum Gasteiger partial charge on any atom is 0.0456 e. The lowest BCUT2D eigenvalue weighted by atomic mass is 9.96. The smallest absolute Gasteiger partial charge is 0.0456 e. The molecule has 0 aliphatic heterocycles. The van der Waals surface area contributed by atoms with Crippen molar-refractivity contribution < 1.29 is 0 Å². The molecule has 0 aliphatic carbocycles. The fraction of sp³-hybridized carbons (Fsp3) is 0.333. The van der Waals surface area contributed by atoms with Gasteiger partial charge in [-0.3, -0.25) is 0 Å². The van der Waals surface area contributed by atoms with E-state index in [4.69, 9.17) is 11.6 Å². The molecule has 0 saturated carbocycles. The summed E-state index contributed by atoms with van der Waals surface area (Å²) in [6.07, 6.45) is 0.946. The molecule has 0 aromatic heterocycles. The van der Waals surface area contributed by atoms with E-state index in [2.05, 4.69) is 56.4 Å². The molecule has 0 aliphatic rings. The van der Waals surface area contributed by atoms with Crippen molar-refractivity contribution >= 4 is 11.6 Å². The van der Waals surface area contributed by atoms with Crippen molar-refractivity contribution in [1.82, 2.24) is 5.32 Å². The summed E-state index contributed by atoms with van der Waals surface area (Å²) in [6, 6.07) is 13.2. The average molecular weight is 288 g/mol. The predicted molar refractivity (Wildman–Crippen MR) is 87.6 cm³/mol. The summed E-state index contributed by atoms with van der Waals surface area (Å²) < 4.78 is 0. The van der Waals surface area contributed by atoms with Crippen LogP contribution >= 0.6 is 11.6 Å². The van der Waals surface area contributed by atoms with Gasteiger partial charge in [0.05, 0.1) is 0 Å². The molecule has 2 rings (SSSR count). The molecule has 106 valence electrons. The largest absolute Gasteiger partial charge is 0.313 e. The molecule has 0 saturated heterocycles. The van der Waals surface area contributed by atoms with Crippen molar-refractivity contribution in [3.63, 3.8) is 0 Å². The van der Waals surface area contributed by atoms with E-state index in [0.29, 0.717) is 0 Å². The van der Waals surface area contributed by atoms with Crippen LogP contribution in [-0.4, -0.2) is 7.05 Å². The lowest BCUT2D eigenvalue weighted by Crippen LogP contribution is -2.19. The first-order valence-electron chi connectivity index (χ1n) is 7.00. The topological polar surface area (TPSA) is 12.0 Å². The third kappa shape index (κ3) is 3.62. The Bertz CT molecular complexity index is 584. The third-order valence-corrected chi connectivity index (χ3v) is 3.93. The normalized spacial score (nSPS) is 12.4. The van der Waals surface area contributed by atoms with Crippen LogP contribution in [0, 0.1) is 20.8 Å². The van der Waals surface area contributed by atoms with Crippen molar-refractivity contribution in [3.05, 3.63) is 69.2 Å². The summed E-state index contributed by atoms with van der Waals surface area (Å²) in [6.45, 7) is 6.35. The first-order chi connectivity index (χ1) is 9.49. The predicted octanol–water partition coefficient (Wildman–Crippen LogP) is 4.77. The molecule has 2 aromatic rings. The molecule has 1 unspecified atom stereocenters. The SMILES string of the molecule is CNC(Cc1cc(C)cc(C)c1)c1ccc(C)cc1Cl. The lowest BCUT2D eigenvalue weighted by Gasteiger charge is -2.19. The van der Waals surface area contributed by atoms with Gasteiger partial charge in [0.2, 0.25) is 0 Å². The van der Waals surface area contributed by atoms with Crippen LogP contribution in [0.4, 0.5) is 0 Å². The molecular formula is C18H22ClN. The zero-order chi connectivity index (χ0) is 14.7. The molecule has 0 bridgehead atoms. The summed E-state index contributed by atoms with van der Waals surface area (Å²) in [5.41, 5.74) is 6.33. The van der Waals surface area contributed by atoms with Crippen LogP contribution in [0.25, 0.3) is 0 Å². The van der Waals surface area contributed by atoms with Crippen LogP contribution in [0.5, 0.6) is 0 Å². The standard InChI is InChI=1S/C18H22ClN/c1-12-5-6-16(17(19)10-12)18(20-4)11-15-8-13(2)7-14(3)9-15/h5-10,18,20H,11H2,1-4H3. The Morgan fingerprint density at radius 3 is 2.15 bits per heavy atom. The van der Waals surface area contributed by atoms with Gasteiger partial charge in [0, 0.05) is 11.1 Å². The number of likely N-dealkylation sites (N-methyl/N-ethyl adjacent to an activating group) is 1. The Hall–Kier alpha value is -1.31. The highest BCUT2D eigenvalue weighted by Crippen LogP contribution is 2.27. The maximum atomic E-state index is 6.39. The highest BCUT2D eigenvalue weighted by atomic mass is 35.5. The highest BCUT2D eigenvalue weighted by molar-refractivity contribution is 6.31. The Morgan fingerprint density at radius 2 is 1.60 bits per heavy atom. The summed E-state index contributed by atoms with van der Waals surface area (Å²) in [7, 11) is 1.99. The molecule has 0 heterocycles. The summed E-state index contributed by atoms with van der Waals surface area (Å²) in [4.78, 5) is 0. The Balaban J connectivity index is 2.28. The van der Waals surface area contributed by atoms with Crippen molar-refractivity contribution in [2.24, 2.45) is 0 Å². The van der Waals surface area contributed by atoms with Crippen LogP contribution < -0.4 is 5.32 Å². The van der Waals surface area contributed by atoms with Gasteiger partial charge in [0.1, 0.15) is 0 Å². The quantitative estimate of drug-likeness (QED) is 0.854. The van der Waals surface area contributed by atoms with Gasteiger partial charge >= 0.3 is 0 Å². The molecule has 0 spiro atoms. The molecule has 0 radical (unpaired) electrons. The molecule has 1 atom stereocenters. The second kappa shape index (κ2) is 6.43. The van der Waals surface area contributed by atoms with E-state index in [1.54, 1.807) is 0 Å². The molecule has 1 nitrogen and oxygen atoms in total. The third-order valence-electron chi connectivity index (χ3n) is 3.60. The fourth-order valence-corrected chi connectivity index (χ4v) is 3.07. The van der Waals surface area contributed by atoms with Gasteiger partial charge in [-0.25, -0.2) is 0 Å². The van der Waals surface area contributed by atoms with Crippen molar-refractivity contribution in [2.75, 3.05) is 7.05 Å². The first-order valence-corrected chi connectivity index (χ1v) is 7.38. The minimum Gasteiger partial charge on any atom is -0.313 e. The Kier molecular flexibility index (Phi) is 4.85. The molecule has 0 fully saturated rings. The second-order valence-electron chi connectivity index (χ2n) is 5.57. The summed E-state index contributed by atoms with van der Waals surface area (Å²) in [5, 5.41) is 4.22. The minimum atomic E-state index is 0.240. The van der Waals surface area contributed by atoms with E-state index in [9.17, 15) is 0 Å². The van der Waals surface area contributed by atoms with Gasteiger partial charge < -0.3 is 5.32 Å². The molecule has 2 aromatic carbocycles. The number of hydrogen-bond donors (Lipinski definition) is 1. The monoisotopic (exact) mass is 287 g/mol. The number of aryl methyl sites for hydroxylation is 3.